The lowest BCUT2D eigenvalue weighted by molar-refractivity contribution is -0.385. The Morgan fingerprint density at radius 3 is 2.69 bits per heavy atom. The molecule has 2 amide bonds. The molecular formula is C23H25N3O6. The van der Waals surface area contributed by atoms with Crippen LogP contribution in [0, 0.1) is 17.0 Å². The standard InChI is InChI=1S/C23H25N3O6/c1-3-24(13-16-6-9-20-21(12-16)32-14-31-20)23(28)19-5-4-10-25(19)22(27)17-7-8-18(26(29)30)15(2)11-17/h6-9,11-12,19H,3-5,10,13-14H2,1-2H3. The van der Waals surface area contributed by atoms with Crippen molar-refractivity contribution in [3.05, 3.63) is 63.2 Å². The summed E-state index contributed by atoms with van der Waals surface area (Å²) in [5, 5.41) is 11.1. The van der Waals surface area contributed by atoms with Crippen LogP contribution >= 0.6 is 0 Å². The van der Waals surface area contributed by atoms with Crippen LogP contribution in [0.5, 0.6) is 11.5 Å². The number of carbonyl (C=O) groups is 2. The first kappa shape index (κ1) is 21.6. The van der Waals surface area contributed by atoms with Crippen molar-refractivity contribution in [2.75, 3.05) is 19.9 Å². The summed E-state index contributed by atoms with van der Waals surface area (Å²) >= 11 is 0. The summed E-state index contributed by atoms with van der Waals surface area (Å²) in [6.07, 6.45) is 1.32. The van der Waals surface area contributed by atoms with Gasteiger partial charge in [-0.1, -0.05) is 6.07 Å². The fourth-order valence-corrected chi connectivity index (χ4v) is 4.24. The number of fused-ring (bicyclic) bond motifs is 1. The van der Waals surface area contributed by atoms with Crippen molar-refractivity contribution >= 4 is 17.5 Å². The first-order valence-corrected chi connectivity index (χ1v) is 10.6. The Labute approximate surface area is 185 Å². The van der Waals surface area contributed by atoms with Gasteiger partial charge in [0.1, 0.15) is 6.04 Å². The van der Waals surface area contributed by atoms with Crippen LogP contribution in [0.2, 0.25) is 0 Å². The lowest BCUT2D eigenvalue weighted by Gasteiger charge is -2.30. The second-order valence-corrected chi connectivity index (χ2v) is 7.95. The Morgan fingerprint density at radius 1 is 1.19 bits per heavy atom. The van der Waals surface area contributed by atoms with Crippen LogP contribution in [0.1, 0.15) is 41.3 Å². The van der Waals surface area contributed by atoms with Gasteiger partial charge in [0, 0.05) is 36.8 Å². The summed E-state index contributed by atoms with van der Waals surface area (Å²) in [5.41, 5.74) is 1.66. The van der Waals surface area contributed by atoms with E-state index in [1.165, 1.54) is 18.2 Å². The molecule has 0 aromatic heterocycles. The van der Waals surface area contributed by atoms with Gasteiger partial charge in [0.25, 0.3) is 11.6 Å². The summed E-state index contributed by atoms with van der Waals surface area (Å²) in [6.45, 7) is 5.09. The van der Waals surface area contributed by atoms with Crippen molar-refractivity contribution in [1.29, 1.82) is 0 Å². The summed E-state index contributed by atoms with van der Waals surface area (Å²) in [7, 11) is 0. The first-order valence-electron chi connectivity index (χ1n) is 10.6. The van der Waals surface area contributed by atoms with E-state index in [0.29, 0.717) is 48.7 Å². The van der Waals surface area contributed by atoms with Crippen molar-refractivity contribution in [3.63, 3.8) is 0 Å². The fourth-order valence-electron chi connectivity index (χ4n) is 4.24. The van der Waals surface area contributed by atoms with Crippen LogP contribution in [-0.2, 0) is 11.3 Å². The number of amides is 2. The van der Waals surface area contributed by atoms with Crippen LogP contribution in [0.3, 0.4) is 0 Å². The average molecular weight is 439 g/mol. The molecule has 9 nitrogen and oxygen atoms in total. The van der Waals surface area contributed by atoms with Gasteiger partial charge in [-0.3, -0.25) is 19.7 Å². The van der Waals surface area contributed by atoms with Gasteiger partial charge in [-0.25, -0.2) is 0 Å². The molecule has 0 saturated carbocycles. The molecule has 0 bridgehead atoms. The molecule has 1 unspecified atom stereocenters. The lowest BCUT2D eigenvalue weighted by atomic mass is 10.1. The third-order valence-electron chi connectivity index (χ3n) is 5.94. The molecule has 2 aromatic carbocycles. The number of ether oxygens (including phenoxy) is 2. The summed E-state index contributed by atoms with van der Waals surface area (Å²) in [4.78, 5) is 40.4. The van der Waals surface area contributed by atoms with E-state index in [0.717, 1.165) is 12.0 Å². The van der Waals surface area contributed by atoms with Gasteiger partial charge in [-0.05, 0) is 56.5 Å². The zero-order valence-corrected chi connectivity index (χ0v) is 18.1. The van der Waals surface area contributed by atoms with Crippen molar-refractivity contribution < 1.29 is 24.0 Å². The van der Waals surface area contributed by atoms with Crippen molar-refractivity contribution in [1.82, 2.24) is 9.80 Å². The smallest absolute Gasteiger partial charge is 0.272 e. The number of hydrogen-bond acceptors (Lipinski definition) is 6. The number of aryl methyl sites for hydroxylation is 1. The number of nitrogens with zero attached hydrogens (tertiary/aromatic N) is 3. The Morgan fingerprint density at radius 2 is 1.97 bits per heavy atom. The third-order valence-corrected chi connectivity index (χ3v) is 5.94. The van der Waals surface area contributed by atoms with Gasteiger partial charge in [0.15, 0.2) is 11.5 Å². The quantitative estimate of drug-likeness (QED) is 0.506. The second kappa shape index (κ2) is 8.86. The molecule has 1 atom stereocenters. The van der Waals surface area contributed by atoms with Gasteiger partial charge in [0.2, 0.25) is 12.7 Å². The molecule has 2 heterocycles. The number of nitro benzene ring substituents is 1. The highest BCUT2D eigenvalue weighted by atomic mass is 16.7. The predicted molar refractivity (Wildman–Crippen MR) is 116 cm³/mol. The number of carbonyl (C=O) groups excluding carboxylic acids is 2. The van der Waals surface area contributed by atoms with E-state index in [4.69, 9.17) is 9.47 Å². The maximum absolute atomic E-state index is 13.4. The lowest BCUT2D eigenvalue weighted by Crippen LogP contribution is -2.47. The van der Waals surface area contributed by atoms with E-state index in [1.54, 1.807) is 16.7 Å². The second-order valence-electron chi connectivity index (χ2n) is 7.95. The molecule has 2 aliphatic heterocycles. The predicted octanol–water partition coefficient (Wildman–Crippen LogP) is 3.29. The molecule has 0 N–H and O–H groups in total. The van der Waals surface area contributed by atoms with E-state index < -0.39 is 11.0 Å². The topological polar surface area (TPSA) is 102 Å². The first-order chi connectivity index (χ1) is 15.4. The zero-order valence-electron chi connectivity index (χ0n) is 18.1. The van der Waals surface area contributed by atoms with Gasteiger partial charge in [0.05, 0.1) is 4.92 Å². The molecule has 0 spiro atoms. The number of likely N-dealkylation sites (N-methyl/N-ethyl adjacent to an activating group) is 1. The third kappa shape index (κ3) is 4.10. The highest BCUT2D eigenvalue weighted by Gasteiger charge is 2.37. The van der Waals surface area contributed by atoms with Gasteiger partial charge in [-0.15, -0.1) is 0 Å². The molecule has 9 heteroatoms. The number of likely N-dealkylation sites (tertiary alicyclic amines) is 1. The maximum atomic E-state index is 13.4. The zero-order chi connectivity index (χ0) is 22.8. The minimum Gasteiger partial charge on any atom is -0.454 e. The Kier molecular flexibility index (Phi) is 5.98. The van der Waals surface area contributed by atoms with Crippen LogP contribution < -0.4 is 9.47 Å². The van der Waals surface area contributed by atoms with E-state index in [1.807, 2.05) is 25.1 Å². The van der Waals surface area contributed by atoms with Crippen molar-refractivity contribution in [2.45, 2.75) is 39.3 Å². The van der Waals surface area contributed by atoms with E-state index in [9.17, 15) is 19.7 Å². The van der Waals surface area contributed by atoms with Crippen LogP contribution in [0.4, 0.5) is 5.69 Å². The van der Waals surface area contributed by atoms with Crippen LogP contribution in [0.15, 0.2) is 36.4 Å². The molecular weight excluding hydrogens is 414 g/mol. The number of benzene rings is 2. The molecule has 32 heavy (non-hydrogen) atoms. The monoisotopic (exact) mass is 439 g/mol. The minimum atomic E-state index is -0.549. The highest BCUT2D eigenvalue weighted by Crippen LogP contribution is 2.33. The molecule has 0 radical (unpaired) electrons. The largest absolute Gasteiger partial charge is 0.454 e. The van der Waals surface area contributed by atoms with E-state index >= 15 is 0 Å². The number of nitro groups is 1. The number of hydrogen-bond donors (Lipinski definition) is 0. The molecule has 168 valence electrons. The average Bonchev–Trinajstić information content (AvgIpc) is 3.45. The minimum absolute atomic E-state index is 0.0310. The molecule has 0 aliphatic carbocycles. The Hall–Kier alpha value is -3.62. The van der Waals surface area contributed by atoms with Crippen molar-refractivity contribution in [2.24, 2.45) is 0 Å². The SMILES string of the molecule is CCN(Cc1ccc2c(c1)OCO2)C(=O)C1CCCN1C(=O)c1ccc([N+](=O)[O-])c(C)c1. The van der Waals surface area contributed by atoms with E-state index in [2.05, 4.69) is 0 Å². The fraction of sp³-hybridized carbons (Fsp3) is 0.391. The molecule has 1 saturated heterocycles. The summed E-state index contributed by atoms with van der Waals surface area (Å²) in [5.74, 6) is 0.971. The summed E-state index contributed by atoms with van der Waals surface area (Å²) < 4.78 is 10.8. The Bertz CT molecular complexity index is 1070. The molecule has 1 fully saturated rings. The summed E-state index contributed by atoms with van der Waals surface area (Å²) in [6, 6.07) is 9.37. The van der Waals surface area contributed by atoms with Gasteiger partial charge in [-0.2, -0.15) is 0 Å². The number of rotatable bonds is 6. The molecule has 2 aliphatic rings. The van der Waals surface area contributed by atoms with Crippen LogP contribution in [-0.4, -0.2) is 52.5 Å². The normalized spacial score (nSPS) is 16.8. The Balaban J connectivity index is 1.50. The maximum Gasteiger partial charge on any atom is 0.272 e. The van der Waals surface area contributed by atoms with E-state index in [-0.39, 0.29) is 24.3 Å². The molecule has 2 aromatic rings. The highest BCUT2D eigenvalue weighted by molar-refractivity contribution is 5.98. The van der Waals surface area contributed by atoms with Gasteiger partial charge >= 0.3 is 0 Å². The molecule has 4 rings (SSSR count). The van der Waals surface area contributed by atoms with Gasteiger partial charge < -0.3 is 19.3 Å². The van der Waals surface area contributed by atoms with Crippen molar-refractivity contribution in [3.8, 4) is 11.5 Å². The van der Waals surface area contributed by atoms with Crippen LogP contribution in [0.25, 0.3) is 0 Å².